The van der Waals surface area contributed by atoms with Crippen molar-refractivity contribution in [1.29, 1.82) is 0 Å². The number of aryl methyl sites for hydroxylation is 1. The number of nitrogens with two attached hydrogens (primary N) is 1. The van der Waals surface area contributed by atoms with Gasteiger partial charge in [0.1, 0.15) is 12.8 Å². The molecule has 2 aromatic heterocycles. The molecule has 2 aromatic rings. The number of anilines is 1. The van der Waals surface area contributed by atoms with Gasteiger partial charge in [0.15, 0.2) is 0 Å². The molecule has 3 N–H and O–H groups in total. The van der Waals surface area contributed by atoms with E-state index in [1.807, 2.05) is 0 Å². The third kappa shape index (κ3) is 2.88. The van der Waals surface area contributed by atoms with Gasteiger partial charge >= 0.3 is 6.01 Å². The van der Waals surface area contributed by atoms with Gasteiger partial charge in [-0.2, -0.15) is 4.98 Å². The van der Waals surface area contributed by atoms with E-state index in [0.29, 0.717) is 17.9 Å². The van der Waals surface area contributed by atoms with Crippen molar-refractivity contribution >= 4 is 11.9 Å². The summed E-state index contributed by atoms with van der Waals surface area (Å²) in [6, 6.07) is 0.173. The van der Waals surface area contributed by atoms with Gasteiger partial charge < -0.3 is 10.2 Å². The number of carbonyl (C=O) groups excluding carboxylic acids is 1. The predicted molar refractivity (Wildman–Crippen MR) is 57.8 cm³/mol. The Hall–Kier alpha value is -2.22. The Balaban J connectivity index is 1.93. The number of amides is 1. The molecule has 8 heteroatoms. The van der Waals surface area contributed by atoms with E-state index in [-0.39, 0.29) is 18.5 Å². The highest BCUT2D eigenvalue weighted by molar-refractivity contribution is 5.88. The van der Waals surface area contributed by atoms with E-state index >= 15 is 0 Å². The largest absolute Gasteiger partial charge is 0.432 e. The van der Waals surface area contributed by atoms with E-state index in [4.69, 9.17) is 10.2 Å². The molecule has 0 aliphatic rings. The first-order valence-corrected chi connectivity index (χ1v) is 4.98. The number of carbonyl (C=O) groups is 1. The Morgan fingerprint density at radius 1 is 1.65 bits per heavy atom. The summed E-state index contributed by atoms with van der Waals surface area (Å²) in [6.07, 6.45) is 3.07. The molecule has 1 amide bonds. The number of hydrogen-bond donors (Lipinski definition) is 2. The van der Waals surface area contributed by atoms with Crippen LogP contribution in [0.2, 0.25) is 0 Å². The molecule has 90 valence electrons. The van der Waals surface area contributed by atoms with Crippen molar-refractivity contribution in [3.63, 3.8) is 0 Å². The molecule has 17 heavy (non-hydrogen) atoms. The lowest BCUT2D eigenvalue weighted by Gasteiger charge is -1.99. The second kappa shape index (κ2) is 4.74. The summed E-state index contributed by atoms with van der Waals surface area (Å²) in [7, 11) is 0. The van der Waals surface area contributed by atoms with Crippen LogP contribution < -0.4 is 11.1 Å². The van der Waals surface area contributed by atoms with Gasteiger partial charge in [-0.1, -0.05) is 5.21 Å². The first-order valence-electron chi connectivity index (χ1n) is 4.98. The molecule has 0 bridgehead atoms. The van der Waals surface area contributed by atoms with Gasteiger partial charge in [0.25, 0.3) is 0 Å². The average Bonchev–Trinajstić information content (AvgIpc) is 2.88. The summed E-state index contributed by atoms with van der Waals surface area (Å²) in [5, 5.41) is 10.0. The maximum Gasteiger partial charge on any atom is 0.301 e. The van der Waals surface area contributed by atoms with Crippen molar-refractivity contribution in [2.75, 3.05) is 5.32 Å². The molecule has 2 heterocycles. The maximum absolute atomic E-state index is 11.6. The topological polar surface area (TPSA) is 112 Å². The van der Waals surface area contributed by atoms with E-state index in [0.717, 1.165) is 0 Å². The van der Waals surface area contributed by atoms with E-state index < -0.39 is 0 Å². The van der Waals surface area contributed by atoms with Crippen LogP contribution in [0.3, 0.4) is 0 Å². The molecule has 0 atom stereocenters. The maximum atomic E-state index is 11.6. The minimum atomic E-state index is -0.291. The van der Waals surface area contributed by atoms with Crippen molar-refractivity contribution in [2.24, 2.45) is 5.73 Å². The third-order valence-corrected chi connectivity index (χ3v) is 1.97. The highest BCUT2D eigenvalue weighted by atomic mass is 16.4. The SMILES string of the molecule is Cc1coc(NC(=O)Cn2cc(CN)nn2)n1. The highest BCUT2D eigenvalue weighted by Crippen LogP contribution is 2.05. The number of hydrogen-bond acceptors (Lipinski definition) is 6. The molecular formula is C9H12N6O2. The molecule has 0 fully saturated rings. The molecule has 0 aliphatic carbocycles. The number of rotatable bonds is 4. The molecule has 2 rings (SSSR count). The van der Waals surface area contributed by atoms with Gasteiger partial charge in [0, 0.05) is 6.54 Å². The smallest absolute Gasteiger partial charge is 0.301 e. The molecule has 0 saturated heterocycles. The van der Waals surface area contributed by atoms with Crippen LogP contribution in [-0.2, 0) is 17.9 Å². The van der Waals surface area contributed by atoms with Crippen LogP contribution in [0.4, 0.5) is 6.01 Å². The van der Waals surface area contributed by atoms with Gasteiger partial charge in [0.2, 0.25) is 5.91 Å². The monoisotopic (exact) mass is 236 g/mol. The van der Waals surface area contributed by atoms with E-state index in [1.165, 1.54) is 10.9 Å². The van der Waals surface area contributed by atoms with E-state index in [9.17, 15) is 4.79 Å². The second-order valence-electron chi connectivity index (χ2n) is 3.45. The van der Waals surface area contributed by atoms with Crippen molar-refractivity contribution < 1.29 is 9.21 Å². The van der Waals surface area contributed by atoms with Gasteiger partial charge in [-0.15, -0.1) is 5.10 Å². The molecule has 0 aliphatic heterocycles. The third-order valence-electron chi connectivity index (χ3n) is 1.97. The number of oxazole rings is 1. The van der Waals surface area contributed by atoms with Crippen LogP contribution in [0.1, 0.15) is 11.4 Å². The predicted octanol–water partition coefficient (Wildman–Crippen LogP) is -0.328. The average molecular weight is 236 g/mol. The summed E-state index contributed by atoms with van der Waals surface area (Å²) < 4.78 is 6.39. The number of nitrogens with one attached hydrogen (secondary N) is 1. The summed E-state index contributed by atoms with van der Waals surface area (Å²) >= 11 is 0. The summed E-state index contributed by atoms with van der Waals surface area (Å²) in [6.45, 7) is 2.10. The standard InChI is InChI=1S/C9H12N6O2/c1-6-5-17-9(11-6)12-8(16)4-15-3-7(2-10)13-14-15/h3,5H,2,4,10H2,1H3,(H,11,12,16). The van der Waals surface area contributed by atoms with Crippen molar-refractivity contribution in [3.8, 4) is 0 Å². The molecule has 0 radical (unpaired) electrons. The second-order valence-corrected chi connectivity index (χ2v) is 3.45. The quantitative estimate of drug-likeness (QED) is 0.751. The minimum Gasteiger partial charge on any atom is -0.432 e. The fraction of sp³-hybridized carbons (Fsp3) is 0.333. The zero-order valence-corrected chi connectivity index (χ0v) is 9.25. The molecule has 0 aromatic carbocycles. The van der Waals surface area contributed by atoms with Gasteiger partial charge in [-0.25, -0.2) is 4.68 Å². The van der Waals surface area contributed by atoms with Gasteiger partial charge in [-0.3, -0.25) is 10.1 Å². The molecular weight excluding hydrogens is 224 g/mol. The lowest BCUT2D eigenvalue weighted by Crippen LogP contribution is -2.19. The van der Waals surface area contributed by atoms with Crippen LogP contribution in [0.15, 0.2) is 16.9 Å². The Kier molecular flexibility index (Phi) is 3.15. The lowest BCUT2D eigenvalue weighted by molar-refractivity contribution is -0.117. The number of nitrogens with zero attached hydrogens (tertiary/aromatic N) is 4. The first-order chi connectivity index (χ1) is 8.17. The molecule has 0 unspecified atom stereocenters. The molecule has 8 nitrogen and oxygen atoms in total. The lowest BCUT2D eigenvalue weighted by atomic mass is 10.5. The first kappa shape index (κ1) is 11.3. The highest BCUT2D eigenvalue weighted by Gasteiger charge is 2.08. The summed E-state index contributed by atoms with van der Waals surface area (Å²) in [5.41, 5.74) is 6.71. The Morgan fingerprint density at radius 3 is 3.06 bits per heavy atom. The molecule has 0 saturated carbocycles. The normalized spacial score (nSPS) is 10.5. The zero-order valence-electron chi connectivity index (χ0n) is 9.25. The minimum absolute atomic E-state index is 0.0361. The van der Waals surface area contributed by atoms with Crippen LogP contribution in [0, 0.1) is 6.92 Å². The molecule has 0 spiro atoms. The summed E-state index contributed by atoms with van der Waals surface area (Å²) in [5.74, 6) is -0.291. The van der Waals surface area contributed by atoms with Crippen LogP contribution in [0.5, 0.6) is 0 Å². The van der Waals surface area contributed by atoms with Crippen molar-refractivity contribution in [3.05, 3.63) is 23.8 Å². The Labute approximate surface area is 96.8 Å². The van der Waals surface area contributed by atoms with Crippen LogP contribution in [0.25, 0.3) is 0 Å². The van der Waals surface area contributed by atoms with Gasteiger partial charge in [0.05, 0.1) is 17.6 Å². The van der Waals surface area contributed by atoms with E-state index in [2.05, 4.69) is 20.6 Å². The van der Waals surface area contributed by atoms with Crippen LogP contribution >= 0.6 is 0 Å². The van der Waals surface area contributed by atoms with Gasteiger partial charge in [-0.05, 0) is 6.92 Å². The number of aromatic nitrogens is 4. The van der Waals surface area contributed by atoms with Crippen LogP contribution in [-0.4, -0.2) is 25.9 Å². The Morgan fingerprint density at radius 2 is 2.47 bits per heavy atom. The van der Waals surface area contributed by atoms with E-state index in [1.54, 1.807) is 13.1 Å². The fourth-order valence-corrected chi connectivity index (χ4v) is 1.23. The summed E-state index contributed by atoms with van der Waals surface area (Å²) in [4.78, 5) is 15.5. The zero-order chi connectivity index (χ0) is 12.3. The van der Waals surface area contributed by atoms with Crippen molar-refractivity contribution in [2.45, 2.75) is 20.0 Å². The van der Waals surface area contributed by atoms with Crippen molar-refractivity contribution in [1.82, 2.24) is 20.0 Å². The fourth-order valence-electron chi connectivity index (χ4n) is 1.23. The Bertz CT molecular complexity index is 517.